The van der Waals surface area contributed by atoms with E-state index in [0.717, 1.165) is 11.3 Å². The van der Waals surface area contributed by atoms with E-state index >= 15 is 0 Å². The van der Waals surface area contributed by atoms with Crippen LogP contribution in [0.15, 0.2) is 42.5 Å². The molecule has 110 valence electrons. The van der Waals surface area contributed by atoms with Crippen LogP contribution in [0.1, 0.15) is 12.5 Å². The highest BCUT2D eigenvalue weighted by Crippen LogP contribution is 2.28. The summed E-state index contributed by atoms with van der Waals surface area (Å²) in [6.07, 6.45) is 0. The Hall–Kier alpha value is -2.27. The van der Waals surface area contributed by atoms with Crippen molar-refractivity contribution in [2.24, 2.45) is 0 Å². The van der Waals surface area contributed by atoms with Crippen LogP contribution >= 0.6 is 11.6 Å². The average molecular weight is 307 g/mol. The summed E-state index contributed by atoms with van der Waals surface area (Å²) in [5.74, 6) is 0.804. The number of benzene rings is 2. The third-order valence-corrected chi connectivity index (χ3v) is 3.11. The average Bonchev–Trinajstić information content (AvgIpc) is 2.47. The van der Waals surface area contributed by atoms with Crippen LogP contribution in [0, 0.1) is 10.1 Å². The van der Waals surface area contributed by atoms with Crippen molar-refractivity contribution >= 4 is 23.0 Å². The molecule has 5 nitrogen and oxygen atoms in total. The molecule has 0 atom stereocenters. The van der Waals surface area contributed by atoms with Gasteiger partial charge in [-0.15, -0.1) is 0 Å². The van der Waals surface area contributed by atoms with Crippen LogP contribution in [0.5, 0.6) is 5.75 Å². The number of ether oxygens (including phenoxy) is 1. The molecule has 0 aliphatic carbocycles. The van der Waals surface area contributed by atoms with Crippen LogP contribution in [0.2, 0.25) is 5.02 Å². The fraction of sp³-hybridized carbons (Fsp3) is 0.200. The Kier molecular flexibility index (Phi) is 5.00. The summed E-state index contributed by atoms with van der Waals surface area (Å²) in [6, 6.07) is 12.1. The fourth-order valence-corrected chi connectivity index (χ4v) is 2.04. The van der Waals surface area contributed by atoms with Gasteiger partial charge in [0.05, 0.1) is 11.5 Å². The van der Waals surface area contributed by atoms with Gasteiger partial charge in [0.25, 0.3) is 5.69 Å². The van der Waals surface area contributed by atoms with E-state index in [4.69, 9.17) is 16.3 Å². The molecule has 0 bridgehead atoms. The molecule has 0 fully saturated rings. The number of nitro benzene ring substituents is 1. The molecular weight excluding hydrogens is 292 g/mol. The molecule has 0 spiro atoms. The highest BCUT2D eigenvalue weighted by Gasteiger charge is 2.13. The Labute approximate surface area is 127 Å². The minimum absolute atomic E-state index is 0.0339. The molecule has 0 saturated carbocycles. The van der Waals surface area contributed by atoms with Gasteiger partial charge in [-0.05, 0) is 36.8 Å². The number of hydrogen-bond donors (Lipinski definition) is 1. The molecule has 0 saturated heterocycles. The topological polar surface area (TPSA) is 64.4 Å². The van der Waals surface area contributed by atoms with Crippen molar-refractivity contribution in [1.29, 1.82) is 0 Å². The maximum absolute atomic E-state index is 11.0. The molecule has 21 heavy (non-hydrogen) atoms. The highest BCUT2D eigenvalue weighted by atomic mass is 35.5. The molecule has 0 amide bonds. The Bertz CT molecular complexity index is 629. The molecule has 1 N–H and O–H groups in total. The SMILES string of the molecule is CCOc1ccc(CNc2ccc(Cl)cc2[N+](=O)[O-])cc1. The molecule has 6 heteroatoms. The van der Waals surface area contributed by atoms with Gasteiger partial charge in [0.15, 0.2) is 0 Å². The fourth-order valence-electron chi connectivity index (χ4n) is 1.87. The van der Waals surface area contributed by atoms with Gasteiger partial charge < -0.3 is 10.1 Å². The summed E-state index contributed by atoms with van der Waals surface area (Å²) in [5, 5.41) is 14.4. The zero-order chi connectivity index (χ0) is 15.2. The highest BCUT2D eigenvalue weighted by molar-refractivity contribution is 6.30. The van der Waals surface area contributed by atoms with Gasteiger partial charge in [-0.3, -0.25) is 10.1 Å². The van der Waals surface area contributed by atoms with Crippen molar-refractivity contribution in [2.75, 3.05) is 11.9 Å². The number of halogens is 1. The van der Waals surface area contributed by atoms with E-state index in [1.807, 2.05) is 31.2 Å². The minimum atomic E-state index is -0.452. The van der Waals surface area contributed by atoms with Crippen molar-refractivity contribution in [2.45, 2.75) is 13.5 Å². The number of nitro groups is 1. The van der Waals surface area contributed by atoms with E-state index < -0.39 is 4.92 Å². The third kappa shape index (κ3) is 4.10. The molecule has 0 radical (unpaired) electrons. The van der Waals surface area contributed by atoms with Crippen LogP contribution in [0.25, 0.3) is 0 Å². The van der Waals surface area contributed by atoms with Gasteiger partial charge in [0.2, 0.25) is 0 Å². The van der Waals surface area contributed by atoms with Crippen molar-refractivity contribution in [1.82, 2.24) is 0 Å². The number of hydrogen-bond acceptors (Lipinski definition) is 4. The van der Waals surface area contributed by atoms with Crippen LogP contribution in [0.4, 0.5) is 11.4 Å². The second-order valence-electron chi connectivity index (χ2n) is 4.35. The predicted molar refractivity (Wildman–Crippen MR) is 83.0 cm³/mol. The Morgan fingerprint density at radius 2 is 1.95 bits per heavy atom. The minimum Gasteiger partial charge on any atom is -0.494 e. The number of nitrogens with one attached hydrogen (secondary N) is 1. The maximum atomic E-state index is 11.0. The normalized spacial score (nSPS) is 10.2. The molecule has 0 aliphatic heterocycles. The van der Waals surface area contributed by atoms with E-state index in [0.29, 0.717) is 23.9 Å². The monoisotopic (exact) mass is 306 g/mol. The van der Waals surface area contributed by atoms with E-state index in [1.54, 1.807) is 12.1 Å². The summed E-state index contributed by atoms with van der Waals surface area (Å²) in [5.41, 5.74) is 1.41. The van der Waals surface area contributed by atoms with E-state index in [1.165, 1.54) is 6.07 Å². The Morgan fingerprint density at radius 3 is 2.57 bits per heavy atom. The second kappa shape index (κ2) is 6.95. The number of anilines is 1. The van der Waals surface area contributed by atoms with Gasteiger partial charge in [-0.2, -0.15) is 0 Å². The lowest BCUT2D eigenvalue weighted by Crippen LogP contribution is -2.02. The lowest BCUT2D eigenvalue weighted by Gasteiger charge is -2.08. The maximum Gasteiger partial charge on any atom is 0.293 e. The van der Waals surface area contributed by atoms with Crippen molar-refractivity contribution < 1.29 is 9.66 Å². The molecule has 0 aromatic heterocycles. The molecule has 2 aromatic carbocycles. The van der Waals surface area contributed by atoms with Crippen LogP contribution in [-0.2, 0) is 6.54 Å². The van der Waals surface area contributed by atoms with Crippen molar-refractivity contribution in [3.8, 4) is 5.75 Å². The Morgan fingerprint density at radius 1 is 1.24 bits per heavy atom. The van der Waals surface area contributed by atoms with Gasteiger partial charge in [0, 0.05) is 17.6 Å². The van der Waals surface area contributed by atoms with Gasteiger partial charge in [-0.1, -0.05) is 23.7 Å². The van der Waals surface area contributed by atoms with Gasteiger partial charge in [0.1, 0.15) is 11.4 Å². The molecule has 0 aliphatic rings. The summed E-state index contributed by atoms with van der Waals surface area (Å²) in [7, 11) is 0. The lowest BCUT2D eigenvalue weighted by atomic mass is 10.2. The first-order chi connectivity index (χ1) is 10.1. The standard InChI is InChI=1S/C15H15ClN2O3/c1-2-21-13-6-3-11(4-7-13)10-17-14-8-5-12(16)9-15(14)18(19)20/h3-9,17H,2,10H2,1H3. The largest absolute Gasteiger partial charge is 0.494 e. The molecule has 2 rings (SSSR count). The van der Waals surface area contributed by atoms with Crippen molar-refractivity contribution in [3.63, 3.8) is 0 Å². The van der Waals surface area contributed by atoms with E-state index in [2.05, 4.69) is 5.32 Å². The first kappa shape index (κ1) is 15.1. The molecule has 2 aromatic rings. The summed E-state index contributed by atoms with van der Waals surface area (Å²) >= 11 is 5.78. The summed E-state index contributed by atoms with van der Waals surface area (Å²) in [6.45, 7) is 3.03. The number of nitrogens with zero attached hydrogens (tertiary/aromatic N) is 1. The lowest BCUT2D eigenvalue weighted by molar-refractivity contribution is -0.383. The van der Waals surface area contributed by atoms with E-state index in [9.17, 15) is 10.1 Å². The summed E-state index contributed by atoms with van der Waals surface area (Å²) < 4.78 is 5.36. The molecular formula is C15H15ClN2O3. The third-order valence-electron chi connectivity index (χ3n) is 2.87. The van der Waals surface area contributed by atoms with Gasteiger partial charge >= 0.3 is 0 Å². The number of rotatable bonds is 6. The predicted octanol–water partition coefficient (Wildman–Crippen LogP) is 4.26. The second-order valence-corrected chi connectivity index (χ2v) is 4.79. The zero-order valence-electron chi connectivity index (χ0n) is 11.5. The molecule has 0 unspecified atom stereocenters. The van der Waals surface area contributed by atoms with Crippen LogP contribution in [0.3, 0.4) is 0 Å². The first-order valence-electron chi connectivity index (χ1n) is 6.49. The van der Waals surface area contributed by atoms with Crippen LogP contribution in [-0.4, -0.2) is 11.5 Å². The van der Waals surface area contributed by atoms with Gasteiger partial charge in [-0.25, -0.2) is 0 Å². The molecule has 0 heterocycles. The first-order valence-corrected chi connectivity index (χ1v) is 6.87. The smallest absolute Gasteiger partial charge is 0.293 e. The quantitative estimate of drug-likeness (QED) is 0.640. The van der Waals surface area contributed by atoms with Crippen LogP contribution < -0.4 is 10.1 Å². The van der Waals surface area contributed by atoms with Crippen molar-refractivity contribution in [3.05, 3.63) is 63.2 Å². The summed E-state index contributed by atoms with van der Waals surface area (Å²) in [4.78, 5) is 10.5. The zero-order valence-corrected chi connectivity index (χ0v) is 12.3. The van der Waals surface area contributed by atoms with E-state index in [-0.39, 0.29) is 5.69 Å². The Balaban J connectivity index is 2.07.